The molecule has 5 nitrogen and oxygen atoms in total. The zero-order chi connectivity index (χ0) is 23.8. The van der Waals surface area contributed by atoms with Crippen LogP contribution >= 0.6 is 23.2 Å². The smallest absolute Gasteiger partial charge is 0.307 e. The van der Waals surface area contributed by atoms with Gasteiger partial charge in [-0.3, -0.25) is 9.59 Å². The van der Waals surface area contributed by atoms with Crippen LogP contribution in [0.4, 0.5) is 10.2 Å². The van der Waals surface area contributed by atoms with Crippen LogP contribution in [0.2, 0.25) is 10.2 Å². The Bertz CT molecular complexity index is 1170. The van der Waals surface area contributed by atoms with Crippen LogP contribution in [0.15, 0.2) is 30.3 Å². The molecule has 2 spiro atoms. The van der Waals surface area contributed by atoms with E-state index in [2.05, 4.69) is 24.1 Å². The summed E-state index contributed by atoms with van der Waals surface area (Å²) in [5.74, 6) is -3.60. The molecule has 0 saturated heterocycles. The van der Waals surface area contributed by atoms with Gasteiger partial charge in [0.1, 0.15) is 16.8 Å². The molecule has 174 valence electrons. The minimum atomic E-state index is -1.29. The molecule has 2 heterocycles. The van der Waals surface area contributed by atoms with Gasteiger partial charge in [-0.25, -0.2) is 9.37 Å². The van der Waals surface area contributed by atoms with Gasteiger partial charge < -0.3 is 10.4 Å². The Morgan fingerprint density at radius 2 is 1.85 bits per heavy atom. The third kappa shape index (κ3) is 3.06. The highest BCUT2D eigenvalue weighted by Gasteiger charge is 2.73. The predicted molar refractivity (Wildman–Crippen MR) is 124 cm³/mol. The number of aromatic nitrogens is 1. The number of carbonyl (C=O) groups excluding carboxylic acids is 1. The van der Waals surface area contributed by atoms with Crippen molar-refractivity contribution in [2.24, 2.45) is 16.7 Å². The first-order chi connectivity index (χ1) is 15.5. The van der Waals surface area contributed by atoms with E-state index in [1.165, 1.54) is 6.07 Å². The maximum atomic E-state index is 15.5. The van der Waals surface area contributed by atoms with Crippen LogP contribution in [0.25, 0.3) is 0 Å². The molecule has 3 atom stereocenters. The van der Waals surface area contributed by atoms with E-state index >= 15 is 4.39 Å². The summed E-state index contributed by atoms with van der Waals surface area (Å²) in [5, 5.41) is 13.3. The molecule has 1 aromatic heterocycles. The van der Waals surface area contributed by atoms with E-state index in [9.17, 15) is 14.7 Å². The van der Waals surface area contributed by atoms with Crippen LogP contribution in [0.5, 0.6) is 0 Å². The predicted octanol–water partition coefficient (Wildman–Crippen LogP) is 6.19. The zero-order valence-electron chi connectivity index (χ0n) is 18.4. The fourth-order valence-corrected chi connectivity index (χ4v) is 7.12. The number of hydrogen-bond acceptors (Lipinski definition) is 3. The Balaban J connectivity index is 1.83. The molecule has 1 aromatic carbocycles. The second-order valence-corrected chi connectivity index (χ2v) is 11.3. The number of nitrogens with one attached hydrogen (secondary N) is 1. The molecular weight excluding hydrogens is 466 g/mol. The number of carbonyl (C=O) groups is 2. The van der Waals surface area contributed by atoms with Crippen molar-refractivity contribution in [1.82, 2.24) is 4.98 Å². The Morgan fingerprint density at radius 3 is 2.52 bits per heavy atom. The second-order valence-electron chi connectivity index (χ2n) is 10.5. The number of nitrogens with zero attached hydrogens (tertiary/aromatic N) is 1. The Hall–Kier alpha value is -2.18. The van der Waals surface area contributed by atoms with Gasteiger partial charge in [-0.05, 0) is 60.6 Å². The van der Waals surface area contributed by atoms with Gasteiger partial charge in [-0.1, -0.05) is 55.2 Å². The summed E-state index contributed by atoms with van der Waals surface area (Å²) in [6, 6.07) is 7.97. The zero-order valence-corrected chi connectivity index (χ0v) is 19.9. The summed E-state index contributed by atoms with van der Waals surface area (Å²) in [6.07, 6.45) is 3.30. The molecule has 2 fully saturated rings. The lowest BCUT2D eigenvalue weighted by atomic mass is 9.51. The van der Waals surface area contributed by atoms with Gasteiger partial charge in [-0.15, -0.1) is 0 Å². The van der Waals surface area contributed by atoms with Crippen molar-refractivity contribution in [2.75, 3.05) is 5.32 Å². The first kappa shape index (κ1) is 22.6. The van der Waals surface area contributed by atoms with E-state index in [0.717, 1.165) is 12.8 Å². The maximum absolute atomic E-state index is 15.5. The average Bonchev–Trinajstić information content (AvgIpc) is 3.20. The molecule has 33 heavy (non-hydrogen) atoms. The molecule has 2 aromatic rings. The fraction of sp³-hybridized carbons (Fsp3) is 0.480. The summed E-state index contributed by atoms with van der Waals surface area (Å²) in [6.45, 7) is 4.38. The topological polar surface area (TPSA) is 79.3 Å². The first-order valence-electron chi connectivity index (χ1n) is 11.2. The molecule has 0 bridgehead atoms. The van der Waals surface area contributed by atoms with E-state index in [4.69, 9.17) is 23.2 Å². The number of hydrogen-bond donors (Lipinski definition) is 2. The van der Waals surface area contributed by atoms with Crippen LogP contribution in [-0.2, 0) is 15.0 Å². The number of carboxylic acid groups (broad SMARTS) is 1. The quantitative estimate of drug-likeness (QED) is 0.491. The largest absolute Gasteiger partial charge is 0.481 e. The van der Waals surface area contributed by atoms with Gasteiger partial charge in [0, 0.05) is 11.5 Å². The number of amides is 1. The number of carboxylic acids is 1. The molecule has 2 aliphatic carbocycles. The summed E-state index contributed by atoms with van der Waals surface area (Å²) in [7, 11) is 0. The van der Waals surface area contributed by atoms with Crippen LogP contribution in [-0.4, -0.2) is 22.0 Å². The maximum Gasteiger partial charge on any atom is 0.307 e. The molecule has 2 saturated carbocycles. The minimum absolute atomic E-state index is 0.0840. The van der Waals surface area contributed by atoms with Crippen molar-refractivity contribution < 1.29 is 19.1 Å². The van der Waals surface area contributed by atoms with Crippen LogP contribution in [0, 0.1) is 22.6 Å². The molecule has 3 aliphatic rings. The number of pyridine rings is 1. The standard InChI is InChI=1S/C25H25Cl2FN2O3/c1-23(2)8-10-24(11-9-23)12-14(21(31)32)18(13-4-3-5-16(26)19(13)28)25(24)15-6-7-17(27)29-20(15)30-22(25)33/h3-7,14,18H,8-12H2,1-2H3,(H,31,32)(H,29,30,33)/t14-,18+,25?/m1/s1. The van der Waals surface area contributed by atoms with Gasteiger partial charge in [-0.2, -0.15) is 0 Å². The molecule has 1 aliphatic heterocycles. The lowest BCUT2D eigenvalue weighted by Crippen LogP contribution is -2.52. The van der Waals surface area contributed by atoms with Gasteiger partial charge >= 0.3 is 5.97 Å². The van der Waals surface area contributed by atoms with Crippen molar-refractivity contribution in [3.63, 3.8) is 0 Å². The van der Waals surface area contributed by atoms with E-state index in [1.807, 2.05) is 0 Å². The monoisotopic (exact) mass is 490 g/mol. The van der Waals surface area contributed by atoms with Crippen LogP contribution in [0.1, 0.15) is 63.0 Å². The molecule has 8 heteroatoms. The molecule has 1 unspecified atom stereocenters. The van der Waals surface area contributed by atoms with Crippen molar-refractivity contribution in [3.8, 4) is 0 Å². The Morgan fingerprint density at radius 1 is 1.15 bits per heavy atom. The molecule has 0 radical (unpaired) electrons. The SMILES string of the molecule is CC1(C)CCC2(CC1)C[C@@H](C(=O)O)[C@H](c1cccc(Cl)c1F)C21C(=O)Nc2nc(Cl)ccc21. The third-order valence-corrected chi connectivity index (χ3v) is 8.89. The highest BCUT2D eigenvalue weighted by molar-refractivity contribution is 6.31. The molecular formula is C25H25Cl2FN2O3. The summed E-state index contributed by atoms with van der Waals surface area (Å²) < 4.78 is 15.5. The normalized spacial score (nSPS) is 29.3. The molecule has 5 rings (SSSR count). The average molecular weight is 491 g/mol. The number of rotatable bonds is 2. The van der Waals surface area contributed by atoms with E-state index in [0.29, 0.717) is 24.2 Å². The fourth-order valence-electron chi connectivity index (χ4n) is 6.79. The second kappa shape index (κ2) is 7.41. The highest BCUT2D eigenvalue weighted by Crippen LogP contribution is 2.72. The highest BCUT2D eigenvalue weighted by atomic mass is 35.5. The Kier molecular flexibility index (Phi) is 5.07. The Labute approximate surface area is 201 Å². The van der Waals surface area contributed by atoms with Crippen LogP contribution < -0.4 is 5.32 Å². The summed E-state index contributed by atoms with van der Waals surface area (Å²) in [5.41, 5.74) is -1.10. The first-order valence-corrected chi connectivity index (χ1v) is 11.9. The van der Waals surface area contributed by atoms with Crippen LogP contribution in [0.3, 0.4) is 0 Å². The third-order valence-electron chi connectivity index (χ3n) is 8.39. The van der Waals surface area contributed by atoms with Crippen molar-refractivity contribution in [3.05, 3.63) is 57.5 Å². The number of halogens is 3. The van der Waals surface area contributed by atoms with Crippen molar-refractivity contribution >= 4 is 40.9 Å². The van der Waals surface area contributed by atoms with E-state index < -0.39 is 34.5 Å². The van der Waals surface area contributed by atoms with Crippen molar-refractivity contribution in [1.29, 1.82) is 0 Å². The van der Waals surface area contributed by atoms with Gasteiger partial charge in [0.25, 0.3) is 0 Å². The van der Waals surface area contributed by atoms with Crippen molar-refractivity contribution in [2.45, 2.75) is 57.3 Å². The van der Waals surface area contributed by atoms with Gasteiger partial charge in [0.15, 0.2) is 0 Å². The lowest BCUT2D eigenvalue weighted by Gasteiger charge is -2.50. The lowest BCUT2D eigenvalue weighted by molar-refractivity contribution is -0.142. The van der Waals surface area contributed by atoms with Gasteiger partial charge in [0.05, 0.1) is 16.4 Å². The van der Waals surface area contributed by atoms with E-state index in [-0.39, 0.29) is 33.5 Å². The van der Waals surface area contributed by atoms with Gasteiger partial charge in [0.2, 0.25) is 5.91 Å². The van der Waals surface area contributed by atoms with E-state index in [1.54, 1.807) is 24.3 Å². The summed E-state index contributed by atoms with van der Waals surface area (Å²) >= 11 is 12.3. The number of anilines is 1. The molecule has 2 N–H and O–H groups in total. The number of fused-ring (bicyclic) bond motifs is 3. The number of benzene rings is 1. The number of aliphatic carboxylic acids is 1. The minimum Gasteiger partial charge on any atom is -0.481 e. The summed E-state index contributed by atoms with van der Waals surface area (Å²) in [4.78, 5) is 31.0. The molecule has 1 amide bonds.